The van der Waals surface area contributed by atoms with Gasteiger partial charge in [0.05, 0.1) is 26.7 Å². The van der Waals surface area contributed by atoms with Crippen molar-refractivity contribution in [2.45, 2.75) is 0 Å². The minimum absolute atomic E-state index is 0.0576. The highest BCUT2D eigenvalue weighted by molar-refractivity contribution is 6.15. The highest BCUT2D eigenvalue weighted by atomic mass is 16.5. The van der Waals surface area contributed by atoms with E-state index in [0.29, 0.717) is 22.0 Å². The molecule has 1 N–H and O–H groups in total. The van der Waals surface area contributed by atoms with Crippen LogP contribution in [0.3, 0.4) is 0 Å². The number of carboxylic acids is 1. The van der Waals surface area contributed by atoms with Crippen LogP contribution in [0.2, 0.25) is 0 Å². The zero-order valence-corrected chi connectivity index (χ0v) is 11.9. The zero-order valence-electron chi connectivity index (χ0n) is 11.9. The van der Waals surface area contributed by atoms with Crippen molar-refractivity contribution < 1.29 is 29.0 Å². The molecule has 8 nitrogen and oxygen atoms in total. The van der Waals surface area contributed by atoms with Crippen LogP contribution in [0.15, 0.2) is 23.9 Å². The van der Waals surface area contributed by atoms with Crippen LogP contribution in [0.5, 0.6) is 11.5 Å². The molecule has 1 aromatic rings. The number of benzene rings is 1. The first-order valence-electron chi connectivity index (χ1n) is 6.23. The van der Waals surface area contributed by atoms with E-state index in [0.717, 1.165) is 0 Å². The second-order valence-electron chi connectivity index (χ2n) is 4.33. The number of aliphatic carboxylic acids is 1. The number of para-hydroxylation sites is 1. The lowest BCUT2D eigenvalue weighted by molar-refractivity contribution is -0.305. The van der Waals surface area contributed by atoms with Crippen LogP contribution in [-0.2, 0) is 9.59 Å². The van der Waals surface area contributed by atoms with Gasteiger partial charge in [0, 0.05) is 5.56 Å². The summed E-state index contributed by atoms with van der Waals surface area (Å²) in [5.41, 5.74) is 0.443. The number of carbonyl (C=O) groups is 3. The molecule has 1 aliphatic rings. The zero-order chi connectivity index (χ0) is 16.3. The number of ether oxygens (including phenoxy) is 2. The van der Waals surface area contributed by atoms with Crippen LogP contribution in [0, 0.1) is 0 Å². The fourth-order valence-electron chi connectivity index (χ4n) is 2.03. The van der Waals surface area contributed by atoms with Gasteiger partial charge in [-0.1, -0.05) is 12.1 Å². The monoisotopic (exact) mass is 305 g/mol. The number of nitrogens with one attached hydrogen (secondary N) is 1. The minimum Gasteiger partial charge on any atom is -0.548 e. The topological polar surface area (TPSA) is 108 Å². The highest BCUT2D eigenvalue weighted by Gasteiger charge is 2.33. The van der Waals surface area contributed by atoms with E-state index < -0.39 is 24.5 Å². The summed E-state index contributed by atoms with van der Waals surface area (Å²) in [5.74, 6) is -1.43. The molecule has 0 bridgehead atoms. The molecule has 1 aliphatic heterocycles. The van der Waals surface area contributed by atoms with Crippen LogP contribution in [0.4, 0.5) is 4.79 Å². The SMILES string of the molecule is COc1cccc(/C=C2/NC(=O)N(CC(=O)[O-])C2=O)c1OC. The Morgan fingerprint density at radius 2 is 2.05 bits per heavy atom. The van der Waals surface area contributed by atoms with E-state index in [1.807, 2.05) is 0 Å². The quantitative estimate of drug-likeness (QED) is 0.572. The molecule has 0 unspecified atom stereocenters. The lowest BCUT2D eigenvalue weighted by Crippen LogP contribution is -2.41. The van der Waals surface area contributed by atoms with Gasteiger partial charge in [-0.2, -0.15) is 0 Å². The van der Waals surface area contributed by atoms with Crippen molar-refractivity contribution >= 4 is 24.0 Å². The summed E-state index contributed by atoms with van der Waals surface area (Å²) in [6.07, 6.45) is 1.39. The van der Waals surface area contributed by atoms with Crippen LogP contribution < -0.4 is 19.9 Å². The minimum atomic E-state index is -1.52. The fourth-order valence-corrected chi connectivity index (χ4v) is 2.03. The van der Waals surface area contributed by atoms with Gasteiger partial charge < -0.3 is 24.7 Å². The van der Waals surface area contributed by atoms with E-state index >= 15 is 0 Å². The number of carboxylic acid groups (broad SMARTS) is 1. The number of hydrogen-bond acceptors (Lipinski definition) is 6. The molecule has 1 aromatic carbocycles. The number of carbonyl (C=O) groups excluding carboxylic acids is 3. The van der Waals surface area contributed by atoms with E-state index in [1.165, 1.54) is 20.3 Å². The predicted molar refractivity (Wildman–Crippen MR) is 72.8 cm³/mol. The van der Waals surface area contributed by atoms with Crippen molar-refractivity contribution in [1.29, 1.82) is 0 Å². The van der Waals surface area contributed by atoms with Gasteiger partial charge in [0.2, 0.25) is 0 Å². The maximum atomic E-state index is 12.0. The molecular weight excluding hydrogens is 292 g/mol. The number of urea groups is 1. The summed E-state index contributed by atoms with van der Waals surface area (Å²) < 4.78 is 10.4. The molecule has 0 saturated carbocycles. The molecule has 116 valence electrons. The van der Waals surface area contributed by atoms with E-state index in [1.54, 1.807) is 18.2 Å². The normalized spacial score (nSPS) is 15.9. The number of rotatable bonds is 5. The third-order valence-corrected chi connectivity index (χ3v) is 2.98. The van der Waals surface area contributed by atoms with Crippen LogP contribution in [0.1, 0.15) is 5.56 Å². The van der Waals surface area contributed by atoms with E-state index in [2.05, 4.69) is 5.32 Å². The lowest BCUT2D eigenvalue weighted by Gasteiger charge is -2.11. The van der Waals surface area contributed by atoms with Gasteiger partial charge >= 0.3 is 6.03 Å². The van der Waals surface area contributed by atoms with Crippen molar-refractivity contribution in [3.8, 4) is 11.5 Å². The number of amides is 3. The van der Waals surface area contributed by atoms with E-state index in [4.69, 9.17) is 9.47 Å². The van der Waals surface area contributed by atoms with Crippen molar-refractivity contribution in [3.05, 3.63) is 29.5 Å². The van der Waals surface area contributed by atoms with Gasteiger partial charge in [-0.3, -0.25) is 9.69 Å². The molecule has 0 aromatic heterocycles. The summed E-state index contributed by atoms with van der Waals surface area (Å²) in [6, 6.07) is 4.21. The van der Waals surface area contributed by atoms with Crippen molar-refractivity contribution in [2.75, 3.05) is 20.8 Å². The molecule has 1 saturated heterocycles. The molecule has 0 spiro atoms. The molecule has 0 radical (unpaired) electrons. The Morgan fingerprint density at radius 3 is 2.64 bits per heavy atom. The van der Waals surface area contributed by atoms with Crippen LogP contribution >= 0.6 is 0 Å². The highest BCUT2D eigenvalue weighted by Crippen LogP contribution is 2.32. The second kappa shape index (κ2) is 6.17. The molecule has 0 aliphatic carbocycles. The smallest absolute Gasteiger partial charge is 0.329 e. The van der Waals surface area contributed by atoms with Gasteiger partial charge in [-0.05, 0) is 12.1 Å². The Balaban J connectivity index is 2.37. The summed E-state index contributed by atoms with van der Waals surface area (Å²) in [6.45, 7) is -0.808. The first kappa shape index (κ1) is 15.4. The first-order valence-corrected chi connectivity index (χ1v) is 6.23. The number of hydrogen-bond donors (Lipinski definition) is 1. The summed E-state index contributed by atoms with van der Waals surface area (Å²) in [4.78, 5) is 34.7. The average Bonchev–Trinajstić information content (AvgIpc) is 2.74. The number of imide groups is 1. The van der Waals surface area contributed by atoms with Gasteiger partial charge in [-0.25, -0.2) is 4.79 Å². The van der Waals surface area contributed by atoms with Crippen molar-refractivity contribution in [3.63, 3.8) is 0 Å². The third kappa shape index (κ3) is 2.85. The van der Waals surface area contributed by atoms with Gasteiger partial charge in [-0.15, -0.1) is 0 Å². The molecular formula is C14H13N2O6-. The van der Waals surface area contributed by atoms with Gasteiger partial charge in [0.15, 0.2) is 11.5 Å². The van der Waals surface area contributed by atoms with E-state index in [-0.39, 0.29) is 5.70 Å². The maximum Gasteiger partial charge on any atom is 0.329 e. The van der Waals surface area contributed by atoms with Gasteiger partial charge in [0.25, 0.3) is 5.91 Å². The molecule has 2 rings (SSSR count). The Kier molecular flexibility index (Phi) is 4.31. The fraction of sp³-hybridized carbons (Fsp3) is 0.214. The molecule has 1 fully saturated rings. The molecule has 0 atom stereocenters. The maximum absolute atomic E-state index is 12.0. The van der Waals surface area contributed by atoms with E-state index in [9.17, 15) is 19.5 Å². The molecule has 8 heteroatoms. The molecule has 22 heavy (non-hydrogen) atoms. The van der Waals surface area contributed by atoms with Crippen LogP contribution in [0.25, 0.3) is 6.08 Å². The summed E-state index contributed by atoms with van der Waals surface area (Å²) in [5, 5.41) is 12.9. The first-order chi connectivity index (χ1) is 10.5. The van der Waals surface area contributed by atoms with Crippen LogP contribution in [-0.4, -0.2) is 43.6 Å². The number of methoxy groups -OCH3 is 2. The predicted octanol–water partition coefficient (Wildman–Crippen LogP) is -0.654. The number of nitrogens with zero attached hydrogens (tertiary/aromatic N) is 1. The van der Waals surface area contributed by atoms with Crippen molar-refractivity contribution in [1.82, 2.24) is 10.2 Å². The standard InChI is InChI=1S/C14H14N2O6/c1-21-10-5-3-4-8(12(10)22-2)6-9-13(19)16(7-11(17)18)14(20)15-9/h3-6H,7H2,1-2H3,(H,15,20)(H,17,18)/p-1/b9-6+. The molecule has 1 heterocycles. The summed E-state index contributed by atoms with van der Waals surface area (Å²) >= 11 is 0. The lowest BCUT2D eigenvalue weighted by atomic mass is 10.1. The third-order valence-electron chi connectivity index (χ3n) is 2.98. The van der Waals surface area contributed by atoms with Gasteiger partial charge in [0.1, 0.15) is 5.70 Å². The Hall–Kier alpha value is -3.03. The Bertz CT molecular complexity index is 667. The average molecular weight is 305 g/mol. The second-order valence-corrected chi connectivity index (χ2v) is 4.33. The summed E-state index contributed by atoms with van der Waals surface area (Å²) in [7, 11) is 2.91. The Labute approximate surface area is 125 Å². The van der Waals surface area contributed by atoms with Crippen molar-refractivity contribution in [2.24, 2.45) is 0 Å². The molecule has 3 amide bonds. The Morgan fingerprint density at radius 1 is 1.32 bits per heavy atom. The largest absolute Gasteiger partial charge is 0.548 e.